The molecule has 5 heteroatoms. The second-order valence-corrected chi connectivity index (χ2v) is 8.06. The van der Waals surface area contributed by atoms with Crippen molar-refractivity contribution in [3.63, 3.8) is 0 Å². The number of aliphatic hydroxyl groups excluding tert-OH is 1. The van der Waals surface area contributed by atoms with Crippen LogP contribution >= 0.6 is 11.3 Å². The lowest BCUT2D eigenvalue weighted by atomic mass is 9.89. The highest BCUT2D eigenvalue weighted by Gasteiger charge is 2.18. The Morgan fingerprint density at radius 3 is 2.80 bits per heavy atom. The molecular formula is C20H23N3OS. The van der Waals surface area contributed by atoms with Crippen molar-refractivity contribution in [2.45, 2.75) is 45.6 Å². The Morgan fingerprint density at radius 2 is 2.00 bits per heavy atom. The van der Waals surface area contributed by atoms with Crippen LogP contribution in [-0.4, -0.2) is 27.7 Å². The van der Waals surface area contributed by atoms with Crippen molar-refractivity contribution in [3.05, 3.63) is 40.5 Å². The van der Waals surface area contributed by atoms with Gasteiger partial charge in [-0.3, -0.25) is 0 Å². The smallest absolute Gasteiger partial charge is 0.138 e. The van der Waals surface area contributed by atoms with Crippen molar-refractivity contribution in [3.8, 4) is 11.1 Å². The van der Waals surface area contributed by atoms with E-state index in [1.54, 1.807) is 24.6 Å². The molecule has 0 radical (unpaired) electrons. The molecule has 0 saturated heterocycles. The summed E-state index contributed by atoms with van der Waals surface area (Å²) >= 11 is 1.71. The van der Waals surface area contributed by atoms with Gasteiger partial charge in [-0.05, 0) is 56.2 Å². The maximum atomic E-state index is 9.61. The molecule has 4 rings (SSSR count). The first kappa shape index (κ1) is 16.5. The normalized spacial score (nSPS) is 15.2. The summed E-state index contributed by atoms with van der Waals surface area (Å²) in [5.74, 6) is 0.808. The van der Waals surface area contributed by atoms with Crippen LogP contribution in [0.1, 0.15) is 35.8 Å². The predicted molar refractivity (Wildman–Crippen MR) is 104 cm³/mol. The molecule has 25 heavy (non-hydrogen) atoms. The van der Waals surface area contributed by atoms with Gasteiger partial charge in [0, 0.05) is 17.0 Å². The van der Waals surface area contributed by atoms with Crippen molar-refractivity contribution >= 4 is 27.4 Å². The third-order valence-electron chi connectivity index (χ3n) is 4.87. The van der Waals surface area contributed by atoms with Crippen LogP contribution < -0.4 is 5.32 Å². The van der Waals surface area contributed by atoms with Crippen molar-refractivity contribution in [2.24, 2.45) is 0 Å². The maximum absolute atomic E-state index is 9.61. The summed E-state index contributed by atoms with van der Waals surface area (Å²) in [5, 5.41) is 14.0. The number of hydrogen-bond donors (Lipinski definition) is 2. The zero-order chi connectivity index (χ0) is 17.4. The van der Waals surface area contributed by atoms with Crippen molar-refractivity contribution in [1.82, 2.24) is 9.97 Å². The average Bonchev–Trinajstić information content (AvgIpc) is 2.95. The molecule has 1 aromatic carbocycles. The van der Waals surface area contributed by atoms with E-state index in [9.17, 15) is 5.11 Å². The zero-order valence-electron chi connectivity index (χ0n) is 14.7. The first-order chi connectivity index (χ1) is 12.1. The Hall–Kier alpha value is -1.98. The molecule has 1 aliphatic rings. The van der Waals surface area contributed by atoms with Gasteiger partial charge in [0.25, 0.3) is 0 Å². The lowest BCUT2D eigenvalue weighted by Gasteiger charge is -2.17. The van der Waals surface area contributed by atoms with Gasteiger partial charge >= 0.3 is 0 Å². The Labute approximate surface area is 152 Å². The number of benzene rings is 1. The second-order valence-electron chi connectivity index (χ2n) is 6.86. The molecule has 0 saturated carbocycles. The van der Waals surface area contributed by atoms with E-state index in [4.69, 9.17) is 0 Å². The van der Waals surface area contributed by atoms with Crippen LogP contribution in [0.25, 0.3) is 21.3 Å². The van der Waals surface area contributed by atoms with E-state index < -0.39 is 6.10 Å². The number of hydrogen-bond acceptors (Lipinski definition) is 5. The van der Waals surface area contributed by atoms with E-state index in [2.05, 4.69) is 40.4 Å². The van der Waals surface area contributed by atoms with Gasteiger partial charge < -0.3 is 10.4 Å². The Morgan fingerprint density at radius 1 is 1.20 bits per heavy atom. The summed E-state index contributed by atoms with van der Waals surface area (Å²) in [6, 6.07) is 6.89. The number of rotatable bonds is 4. The number of aromatic nitrogens is 2. The molecule has 2 N–H and O–H groups in total. The molecule has 2 heterocycles. The van der Waals surface area contributed by atoms with Crippen LogP contribution in [0.5, 0.6) is 0 Å². The second kappa shape index (κ2) is 6.73. The van der Waals surface area contributed by atoms with E-state index in [0.29, 0.717) is 6.54 Å². The van der Waals surface area contributed by atoms with E-state index in [1.807, 2.05) is 0 Å². The first-order valence-corrected chi connectivity index (χ1v) is 9.73. The van der Waals surface area contributed by atoms with Gasteiger partial charge in [-0.15, -0.1) is 11.3 Å². The van der Waals surface area contributed by atoms with Crippen molar-refractivity contribution in [1.29, 1.82) is 0 Å². The molecule has 0 fully saturated rings. The van der Waals surface area contributed by atoms with Gasteiger partial charge in [-0.2, -0.15) is 0 Å². The van der Waals surface area contributed by atoms with Gasteiger partial charge in [-0.1, -0.05) is 18.2 Å². The SMILES string of the molecule is Cc1sc2ncnc(NCC(C)O)c2c1-c1ccc2c(c1)CCCC2. The van der Waals surface area contributed by atoms with Crippen LogP contribution in [-0.2, 0) is 12.8 Å². The summed E-state index contributed by atoms with van der Waals surface area (Å²) in [4.78, 5) is 11.2. The number of fused-ring (bicyclic) bond motifs is 2. The molecule has 0 amide bonds. The molecule has 2 aromatic heterocycles. The minimum atomic E-state index is -0.419. The fourth-order valence-electron chi connectivity index (χ4n) is 3.66. The van der Waals surface area contributed by atoms with Gasteiger partial charge in [0.1, 0.15) is 17.0 Å². The van der Waals surface area contributed by atoms with Gasteiger partial charge in [0.15, 0.2) is 0 Å². The molecule has 1 atom stereocenters. The zero-order valence-corrected chi connectivity index (χ0v) is 15.5. The lowest BCUT2D eigenvalue weighted by Crippen LogP contribution is -2.16. The van der Waals surface area contributed by atoms with Gasteiger partial charge in [0.05, 0.1) is 11.5 Å². The van der Waals surface area contributed by atoms with E-state index in [1.165, 1.54) is 52.8 Å². The quantitative estimate of drug-likeness (QED) is 0.733. The van der Waals surface area contributed by atoms with Crippen LogP contribution in [0.15, 0.2) is 24.5 Å². The average molecular weight is 353 g/mol. The molecule has 3 aromatic rings. The Balaban J connectivity index is 1.85. The Kier molecular flexibility index (Phi) is 4.44. The van der Waals surface area contributed by atoms with Crippen LogP contribution in [0.2, 0.25) is 0 Å². The summed E-state index contributed by atoms with van der Waals surface area (Å²) in [6.07, 6.45) is 6.13. The van der Waals surface area contributed by atoms with Crippen LogP contribution in [0, 0.1) is 6.92 Å². The van der Waals surface area contributed by atoms with E-state index in [0.717, 1.165) is 16.0 Å². The minimum Gasteiger partial charge on any atom is -0.392 e. The van der Waals surface area contributed by atoms with E-state index in [-0.39, 0.29) is 0 Å². The highest BCUT2D eigenvalue weighted by molar-refractivity contribution is 7.19. The number of anilines is 1. The van der Waals surface area contributed by atoms with E-state index >= 15 is 0 Å². The molecule has 0 bridgehead atoms. The Bertz CT molecular complexity index is 917. The van der Waals surface area contributed by atoms with Crippen molar-refractivity contribution in [2.75, 3.05) is 11.9 Å². The van der Waals surface area contributed by atoms with Crippen molar-refractivity contribution < 1.29 is 5.11 Å². The molecular weight excluding hydrogens is 330 g/mol. The molecule has 0 aliphatic heterocycles. The fourth-order valence-corrected chi connectivity index (χ4v) is 4.67. The molecule has 4 nitrogen and oxygen atoms in total. The number of thiophene rings is 1. The van der Waals surface area contributed by atoms with Crippen LogP contribution in [0.3, 0.4) is 0 Å². The van der Waals surface area contributed by atoms with Gasteiger partial charge in [-0.25, -0.2) is 9.97 Å². The number of aryl methyl sites for hydroxylation is 3. The lowest BCUT2D eigenvalue weighted by molar-refractivity contribution is 0.208. The van der Waals surface area contributed by atoms with Crippen LogP contribution in [0.4, 0.5) is 5.82 Å². The maximum Gasteiger partial charge on any atom is 0.138 e. The predicted octanol–water partition coefficient (Wildman–Crippen LogP) is 4.34. The number of nitrogens with zero attached hydrogens (tertiary/aromatic N) is 2. The summed E-state index contributed by atoms with van der Waals surface area (Å²) < 4.78 is 0. The van der Waals surface area contributed by atoms with Gasteiger partial charge in [0.2, 0.25) is 0 Å². The summed E-state index contributed by atoms with van der Waals surface area (Å²) in [5.41, 5.74) is 5.45. The summed E-state index contributed by atoms with van der Waals surface area (Å²) in [7, 11) is 0. The molecule has 1 unspecified atom stereocenters. The third kappa shape index (κ3) is 3.14. The largest absolute Gasteiger partial charge is 0.392 e. The highest BCUT2D eigenvalue weighted by atomic mass is 32.1. The molecule has 0 spiro atoms. The first-order valence-electron chi connectivity index (χ1n) is 8.91. The number of aliphatic hydroxyl groups is 1. The monoisotopic (exact) mass is 353 g/mol. The third-order valence-corrected chi connectivity index (χ3v) is 5.88. The fraction of sp³-hybridized carbons (Fsp3) is 0.400. The minimum absolute atomic E-state index is 0.419. The highest BCUT2D eigenvalue weighted by Crippen LogP contribution is 2.41. The topological polar surface area (TPSA) is 58.0 Å². The molecule has 1 aliphatic carbocycles. The summed E-state index contributed by atoms with van der Waals surface area (Å²) in [6.45, 7) is 4.40. The number of nitrogens with one attached hydrogen (secondary N) is 1. The standard InChI is InChI=1S/C20H23N3OS/c1-12(24)10-21-19-18-17(13(2)25-20(18)23-11-22-19)16-8-7-14-5-3-4-6-15(14)9-16/h7-9,11-12,24H,3-6,10H2,1-2H3,(H,21,22,23). The molecule has 130 valence electrons.